The van der Waals surface area contributed by atoms with Crippen LogP contribution >= 0.6 is 15.9 Å². The second-order valence-corrected chi connectivity index (χ2v) is 5.86. The van der Waals surface area contributed by atoms with Crippen molar-refractivity contribution in [2.24, 2.45) is 0 Å². The van der Waals surface area contributed by atoms with Crippen molar-refractivity contribution in [1.82, 2.24) is 9.80 Å². The molecule has 0 N–H and O–H groups in total. The maximum Gasteiger partial charge on any atom is 0.337 e. The summed E-state index contributed by atoms with van der Waals surface area (Å²) in [5.74, 6) is -0.283. The van der Waals surface area contributed by atoms with Gasteiger partial charge in [-0.05, 0) is 30.3 Å². The fraction of sp³-hybridized carbons (Fsp3) is 0.533. The van der Waals surface area contributed by atoms with Crippen molar-refractivity contribution in [2.45, 2.75) is 13.5 Å². The van der Waals surface area contributed by atoms with E-state index < -0.39 is 0 Å². The summed E-state index contributed by atoms with van der Waals surface area (Å²) in [7, 11) is 1.41. The number of likely N-dealkylation sites (N-methyl/N-ethyl adjacent to an activating group) is 1. The molecular formula is C15H21BrN2O2. The summed E-state index contributed by atoms with van der Waals surface area (Å²) < 4.78 is 5.82. The van der Waals surface area contributed by atoms with Crippen LogP contribution in [0.3, 0.4) is 0 Å². The van der Waals surface area contributed by atoms with Gasteiger partial charge in [0.05, 0.1) is 12.7 Å². The smallest absolute Gasteiger partial charge is 0.337 e. The summed E-state index contributed by atoms with van der Waals surface area (Å²) in [6.45, 7) is 8.56. The molecule has 1 aliphatic heterocycles. The van der Waals surface area contributed by atoms with E-state index in [0.717, 1.165) is 49.3 Å². The Morgan fingerprint density at radius 3 is 2.50 bits per heavy atom. The van der Waals surface area contributed by atoms with Crippen LogP contribution in [0.25, 0.3) is 0 Å². The van der Waals surface area contributed by atoms with Crippen LogP contribution in [0, 0.1) is 0 Å². The largest absolute Gasteiger partial charge is 0.465 e. The van der Waals surface area contributed by atoms with Gasteiger partial charge in [-0.3, -0.25) is 4.90 Å². The van der Waals surface area contributed by atoms with Crippen LogP contribution in [-0.2, 0) is 11.3 Å². The monoisotopic (exact) mass is 340 g/mol. The number of methoxy groups -OCH3 is 1. The van der Waals surface area contributed by atoms with Crippen molar-refractivity contribution in [3.8, 4) is 0 Å². The zero-order valence-electron chi connectivity index (χ0n) is 12.1. The van der Waals surface area contributed by atoms with Crippen molar-refractivity contribution in [2.75, 3.05) is 39.8 Å². The number of piperazine rings is 1. The first kappa shape index (κ1) is 15.5. The van der Waals surface area contributed by atoms with Gasteiger partial charge in [0.2, 0.25) is 0 Å². The molecule has 0 spiro atoms. The summed E-state index contributed by atoms with van der Waals surface area (Å²) in [5.41, 5.74) is 1.75. The highest BCUT2D eigenvalue weighted by atomic mass is 79.9. The number of ether oxygens (including phenoxy) is 1. The Kier molecular flexibility index (Phi) is 5.57. The van der Waals surface area contributed by atoms with E-state index in [4.69, 9.17) is 4.74 Å². The van der Waals surface area contributed by atoms with Crippen molar-refractivity contribution in [1.29, 1.82) is 0 Å². The van der Waals surface area contributed by atoms with Crippen LogP contribution in [0.2, 0.25) is 0 Å². The Bertz CT molecular complexity index is 471. The zero-order valence-corrected chi connectivity index (χ0v) is 13.6. The van der Waals surface area contributed by atoms with Gasteiger partial charge in [0, 0.05) is 37.2 Å². The second-order valence-electron chi connectivity index (χ2n) is 5.01. The van der Waals surface area contributed by atoms with Crippen molar-refractivity contribution >= 4 is 21.9 Å². The predicted octanol–water partition coefficient (Wildman–Crippen LogP) is 2.37. The number of hydrogen-bond donors (Lipinski definition) is 0. The molecule has 20 heavy (non-hydrogen) atoms. The number of hydrogen-bond acceptors (Lipinski definition) is 4. The Hall–Kier alpha value is -0.910. The Labute approximate surface area is 128 Å². The molecule has 1 aliphatic rings. The number of carbonyl (C=O) groups is 1. The molecule has 0 unspecified atom stereocenters. The van der Waals surface area contributed by atoms with Gasteiger partial charge in [0.1, 0.15) is 0 Å². The summed E-state index contributed by atoms with van der Waals surface area (Å²) in [6.07, 6.45) is 0. The molecule has 1 saturated heterocycles. The lowest BCUT2D eigenvalue weighted by molar-refractivity contribution is 0.0600. The molecular weight excluding hydrogens is 320 g/mol. The third-order valence-corrected chi connectivity index (χ3v) is 4.55. The summed E-state index contributed by atoms with van der Waals surface area (Å²) in [4.78, 5) is 16.5. The minimum Gasteiger partial charge on any atom is -0.465 e. The highest BCUT2D eigenvalue weighted by Gasteiger charge is 2.17. The molecule has 1 fully saturated rings. The Morgan fingerprint density at radius 1 is 1.25 bits per heavy atom. The first-order chi connectivity index (χ1) is 9.63. The van der Waals surface area contributed by atoms with Gasteiger partial charge in [0.25, 0.3) is 0 Å². The number of halogens is 1. The Balaban J connectivity index is 2.03. The summed E-state index contributed by atoms with van der Waals surface area (Å²) in [5, 5.41) is 0. The molecule has 0 bridgehead atoms. The van der Waals surface area contributed by atoms with E-state index in [-0.39, 0.29) is 5.97 Å². The standard InChI is InChI=1S/C15H21BrN2O2/c1-3-17-6-8-18(9-7-17)11-13-10-12(15(19)20-2)4-5-14(13)16/h4-5,10H,3,6-9,11H2,1-2H3. The second kappa shape index (κ2) is 7.20. The van der Waals surface area contributed by atoms with E-state index in [2.05, 4.69) is 32.7 Å². The van der Waals surface area contributed by atoms with E-state index in [1.54, 1.807) is 6.07 Å². The molecule has 0 atom stereocenters. The van der Waals surface area contributed by atoms with Gasteiger partial charge >= 0.3 is 5.97 Å². The highest BCUT2D eigenvalue weighted by Crippen LogP contribution is 2.21. The lowest BCUT2D eigenvalue weighted by atomic mass is 10.1. The maximum absolute atomic E-state index is 11.6. The number of carbonyl (C=O) groups excluding carboxylic acids is 1. The van der Waals surface area contributed by atoms with E-state index in [1.807, 2.05) is 12.1 Å². The summed E-state index contributed by atoms with van der Waals surface area (Å²) in [6, 6.07) is 5.63. The normalized spacial score (nSPS) is 17.1. The zero-order chi connectivity index (χ0) is 14.5. The molecule has 0 aliphatic carbocycles. The third kappa shape index (κ3) is 3.81. The van der Waals surface area contributed by atoms with Gasteiger partial charge in [-0.25, -0.2) is 4.79 Å². The number of rotatable bonds is 4. The van der Waals surface area contributed by atoms with Crippen LogP contribution < -0.4 is 0 Å². The van der Waals surface area contributed by atoms with Gasteiger partial charge in [-0.1, -0.05) is 22.9 Å². The lowest BCUT2D eigenvalue weighted by Crippen LogP contribution is -2.45. The quantitative estimate of drug-likeness (QED) is 0.788. The minimum absolute atomic E-state index is 0.283. The van der Waals surface area contributed by atoms with E-state index in [1.165, 1.54) is 7.11 Å². The van der Waals surface area contributed by atoms with Gasteiger partial charge in [-0.2, -0.15) is 0 Å². The average Bonchev–Trinajstić information content (AvgIpc) is 2.49. The highest BCUT2D eigenvalue weighted by molar-refractivity contribution is 9.10. The van der Waals surface area contributed by atoms with E-state index in [9.17, 15) is 4.79 Å². The van der Waals surface area contributed by atoms with Gasteiger partial charge in [0.15, 0.2) is 0 Å². The third-order valence-electron chi connectivity index (χ3n) is 3.77. The molecule has 110 valence electrons. The fourth-order valence-electron chi connectivity index (χ4n) is 2.45. The topological polar surface area (TPSA) is 32.8 Å². The molecule has 1 heterocycles. The van der Waals surface area contributed by atoms with Crippen LogP contribution in [0.4, 0.5) is 0 Å². The van der Waals surface area contributed by atoms with Crippen LogP contribution in [0.1, 0.15) is 22.8 Å². The lowest BCUT2D eigenvalue weighted by Gasteiger charge is -2.34. The molecule has 0 saturated carbocycles. The molecule has 1 aromatic carbocycles. The fourth-order valence-corrected chi connectivity index (χ4v) is 2.82. The number of esters is 1. The first-order valence-corrected chi connectivity index (χ1v) is 7.74. The SMILES string of the molecule is CCN1CCN(Cc2cc(C(=O)OC)ccc2Br)CC1. The van der Waals surface area contributed by atoms with Crippen molar-refractivity contribution in [3.05, 3.63) is 33.8 Å². The summed E-state index contributed by atoms with van der Waals surface area (Å²) >= 11 is 3.56. The maximum atomic E-state index is 11.6. The molecule has 0 aromatic heterocycles. The first-order valence-electron chi connectivity index (χ1n) is 6.95. The number of nitrogens with zero attached hydrogens (tertiary/aromatic N) is 2. The van der Waals surface area contributed by atoms with Crippen molar-refractivity contribution in [3.63, 3.8) is 0 Å². The molecule has 2 rings (SSSR count). The molecule has 0 amide bonds. The van der Waals surface area contributed by atoms with Crippen LogP contribution in [0.5, 0.6) is 0 Å². The minimum atomic E-state index is -0.283. The van der Waals surface area contributed by atoms with Crippen LogP contribution in [-0.4, -0.2) is 55.6 Å². The van der Waals surface area contributed by atoms with Gasteiger partial charge in [-0.15, -0.1) is 0 Å². The van der Waals surface area contributed by atoms with Gasteiger partial charge < -0.3 is 9.64 Å². The molecule has 5 heteroatoms. The average molecular weight is 341 g/mol. The molecule has 4 nitrogen and oxygen atoms in total. The molecule has 1 aromatic rings. The molecule has 0 radical (unpaired) electrons. The predicted molar refractivity (Wildman–Crippen MR) is 82.9 cm³/mol. The number of benzene rings is 1. The van der Waals surface area contributed by atoms with E-state index >= 15 is 0 Å². The van der Waals surface area contributed by atoms with Crippen molar-refractivity contribution < 1.29 is 9.53 Å². The van der Waals surface area contributed by atoms with E-state index in [0.29, 0.717) is 5.56 Å². The van der Waals surface area contributed by atoms with Crippen LogP contribution in [0.15, 0.2) is 22.7 Å². The Morgan fingerprint density at radius 2 is 1.90 bits per heavy atom.